The van der Waals surface area contributed by atoms with E-state index in [1.807, 2.05) is 18.2 Å². The van der Waals surface area contributed by atoms with Gasteiger partial charge in [0.05, 0.1) is 0 Å². The van der Waals surface area contributed by atoms with Gasteiger partial charge in [0.1, 0.15) is 5.69 Å². The molecule has 0 bridgehead atoms. The highest BCUT2D eigenvalue weighted by molar-refractivity contribution is 7.71. The van der Waals surface area contributed by atoms with Crippen molar-refractivity contribution in [3.05, 3.63) is 29.2 Å². The van der Waals surface area contributed by atoms with Gasteiger partial charge in [-0.3, -0.25) is 14.6 Å². The van der Waals surface area contributed by atoms with Crippen molar-refractivity contribution in [2.75, 3.05) is 20.1 Å². The monoisotopic (exact) mass is 303 g/mol. The zero-order valence-electron chi connectivity index (χ0n) is 12.3. The quantitative estimate of drug-likeness (QED) is 0.882. The average Bonchev–Trinajstić information content (AvgIpc) is 2.89. The highest BCUT2D eigenvalue weighted by Crippen LogP contribution is 2.22. The number of H-pyrrole nitrogens is 1. The fourth-order valence-corrected chi connectivity index (χ4v) is 3.10. The second-order valence-electron chi connectivity index (χ2n) is 5.75. The van der Waals surface area contributed by atoms with Gasteiger partial charge in [0, 0.05) is 12.7 Å². The normalized spacial score (nSPS) is 17.2. The number of rotatable bonds is 4. The van der Waals surface area contributed by atoms with Crippen molar-refractivity contribution >= 4 is 12.2 Å². The van der Waals surface area contributed by atoms with Crippen molar-refractivity contribution in [2.24, 2.45) is 5.92 Å². The van der Waals surface area contributed by atoms with E-state index in [0.717, 1.165) is 30.4 Å². The first-order valence-corrected chi connectivity index (χ1v) is 7.90. The summed E-state index contributed by atoms with van der Waals surface area (Å²) in [5.41, 5.74) is 0.869. The Kier molecular flexibility index (Phi) is 4.45. The topological polar surface area (TPSA) is 49.7 Å². The van der Waals surface area contributed by atoms with Crippen LogP contribution in [0.3, 0.4) is 0 Å². The first-order valence-electron chi connectivity index (χ1n) is 7.49. The van der Waals surface area contributed by atoms with E-state index in [1.54, 1.807) is 6.20 Å². The van der Waals surface area contributed by atoms with Crippen LogP contribution in [-0.4, -0.2) is 44.8 Å². The minimum absolute atomic E-state index is 0.684. The lowest BCUT2D eigenvalue weighted by Crippen LogP contribution is -2.30. The maximum atomic E-state index is 5.37. The lowest BCUT2D eigenvalue weighted by Gasteiger charge is -2.28. The Balaban J connectivity index is 1.71. The van der Waals surface area contributed by atoms with Crippen molar-refractivity contribution in [3.63, 3.8) is 0 Å². The summed E-state index contributed by atoms with van der Waals surface area (Å²) >= 11 is 5.37. The number of piperidine rings is 1. The van der Waals surface area contributed by atoms with Gasteiger partial charge in [0.2, 0.25) is 0 Å². The lowest BCUT2D eigenvalue weighted by molar-refractivity contribution is 0.208. The van der Waals surface area contributed by atoms with Crippen LogP contribution in [-0.2, 0) is 6.54 Å². The van der Waals surface area contributed by atoms with Gasteiger partial charge in [0.15, 0.2) is 10.6 Å². The lowest BCUT2D eigenvalue weighted by atomic mass is 9.94. The number of nitrogens with one attached hydrogen (secondary N) is 1. The molecule has 0 aliphatic carbocycles. The van der Waals surface area contributed by atoms with Crippen LogP contribution in [0, 0.1) is 10.7 Å². The minimum atomic E-state index is 0.684. The molecule has 1 saturated heterocycles. The number of likely N-dealkylation sites (tertiary alicyclic amines) is 1. The van der Waals surface area contributed by atoms with Crippen molar-refractivity contribution in [1.29, 1.82) is 0 Å². The van der Waals surface area contributed by atoms with Crippen LogP contribution in [0.2, 0.25) is 0 Å². The summed E-state index contributed by atoms with van der Waals surface area (Å²) < 4.78 is 2.76. The Bertz CT molecular complexity index is 625. The summed E-state index contributed by atoms with van der Waals surface area (Å²) in [6, 6.07) is 5.85. The maximum Gasteiger partial charge on any atom is 0.195 e. The summed E-state index contributed by atoms with van der Waals surface area (Å²) in [5, 5.41) is 7.23. The molecule has 0 spiro atoms. The second-order valence-corrected chi connectivity index (χ2v) is 6.14. The van der Waals surface area contributed by atoms with Crippen LogP contribution in [0.5, 0.6) is 0 Å². The van der Waals surface area contributed by atoms with Gasteiger partial charge in [0.25, 0.3) is 0 Å². The maximum absolute atomic E-state index is 5.37. The van der Waals surface area contributed by atoms with Crippen molar-refractivity contribution in [2.45, 2.75) is 25.8 Å². The molecule has 1 aliphatic heterocycles. The van der Waals surface area contributed by atoms with E-state index < -0.39 is 0 Å². The van der Waals surface area contributed by atoms with E-state index >= 15 is 0 Å². The number of hydrogen-bond donors (Lipinski definition) is 1. The third-order valence-corrected chi connectivity index (χ3v) is 4.56. The van der Waals surface area contributed by atoms with Gasteiger partial charge in [-0.25, -0.2) is 0 Å². The van der Waals surface area contributed by atoms with E-state index in [4.69, 9.17) is 12.2 Å². The number of aromatic nitrogens is 4. The number of pyridine rings is 1. The predicted molar refractivity (Wildman–Crippen MR) is 85.5 cm³/mol. The average molecular weight is 303 g/mol. The molecule has 1 N–H and O–H groups in total. The molecule has 1 aliphatic rings. The third-order valence-electron chi connectivity index (χ3n) is 4.25. The van der Waals surface area contributed by atoms with E-state index in [1.165, 1.54) is 25.9 Å². The highest BCUT2D eigenvalue weighted by Gasteiger charge is 2.17. The Morgan fingerprint density at radius 2 is 2.14 bits per heavy atom. The Hall–Kier alpha value is -1.53. The first-order chi connectivity index (χ1) is 10.2. The molecule has 21 heavy (non-hydrogen) atoms. The molecule has 1 fully saturated rings. The molecule has 0 unspecified atom stereocenters. The fraction of sp³-hybridized carbons (Fsp3) is 0.533. The van der Waals surface area contributed by atoms with Gasteiger partial charge in [-0.05, 0) is 69.7 Å². The van der Waals surface area contributed by atoms with Crippen molar-refractivity contribution < 1.29 is 0 Å². The highest BCUT2D eigenvalue weighted by atomic mass is 32.1. The zero-order valence-corrected chi connectivity index (χ0v) is 13.1. The predicted octanol–water partition coefficient (Wildman–Crippen LogP) is 2.73. The summed E-state index contributed by atoms with van der Waals surface area (Å²) in [6.45, 7) is 3.32. The molecule has 3 rings (SSSR count). The Morgan fingerprint density at radius 3 is 2.86 bits per heavy atom. The summed E-state index contributed by atoms with van der Waals surface area (Å²) in [7, 11) is 2.20. The minimum Gasteiger partial charge on any atom is -0.306 e. The second kappa shape index (κ2) is 6.49. The molecule has 2 aromatic heterocycles. The summed E-state index contributed by atoms with van der Waals surface area (Å²) in [4.78, 5) is 6.77. The number of nitrogens with zero attached hydrogens (tertiary/aromatic N) is 4. The molecule has 0 aromatic carbocycles. The van der Waals surface area contributed by atoms with Crippen molar-refractivity contribution in [1.82, 2.24) is 24.6 Å². The molecule has 3 heterocycles. The van der Waals surface area contributed by atoms with Gasteiger partial charge in [-0.1, -0.05) is 6.07 Å². The SMILES string of the molecule is CN1CCC(CCn2c(-c3ccccn3)n[nH]c2=S)CC1. The van der Waals surface area contributed by atoms with E-state index in [9.17, 15) is 0 Å². The molecule has 2 aromatic rings. The summed E-state index contributed by atoms with van der Waals surface area (Å²) in [6.07, 6.45) is 5.50. The van der Waals surface area contributed by atoms with Crippen LogP contribution in [0.1, 0.15) is 19.3 Å². The number of aromatic amines is 1. The van der Waals surface area contributed by atoms with Gasteiger partial charge >= 0.3 is 0 Å². The summed E-state index contributed by atoms with van der Waals surface area (Å²) in [5.74, 6) is 1.63. The van der Waals surface area contributed by atoms with Crippen LogP contribution < -0.4 is 0 Å². The Morgan fingerprint density at radius 1 is 1.33 bits per heavy atom. The molecule has 0 amide bonds. The molecule has 0 radical (unpaired) electrons. The smallest absolute Gasteiger partial charge is 0.195 e. The molecule has 112 valence electrons. The molecular weight excluding hydrogens is 282 g/mol. The van der Waals surface area contributed by atoms with Gasteiger partial charge in [-0.15, -0.1) is 0 Å². The third kappa shape index (κ3) is 3.39. The first kappa shape index (κ1) is 14.4. The van der Waals surface area contributed by atoms with E-state index in [2.05, 4.69) is 31.7 Å². The number of hydrogen-bond acceptors (Lipinski definition) is 4. The zero-order chi connectivity index (χ0) is 14.7. The standard InChI is InChI=1S/C15H21N5S/c1-19-9-5-12(6-10-19)7-11-20-14(17-18-15(20)21)13-4-2-3-8-16-13/h2-4,8,12H,5-7,9-11H2,1H3,(H,18,21). The Labute approximate surface area is 130 Å². The molecule has 6 heteroatoms. The van der Waals surface area contributed by atoms with E-state index in [0.29, 0.717) is 4.77 Å². The fourth-order valence-electron chi connectivity index (χ4n) is 2.88. The van der Waals surface area contributed by atoms with Crippen LogP contribution >= 0.6 is 12.2 Å². The van der Waals surface area contributed by atoms with E-state index in [-0.39, 0.29) is 0 Å². The van der Waals surface area contributed by atoms with Crippen molar-refractivity contribution in [3.8, 4) is 11.5 Å². The molecule has 5 nitrogen and oxygen atoms in total. The van der Waals surface area contributed by atoms with Gasteiger partial charge in [-0.2, -0.15) is 5.10 Å². The largest absolute Gasteiger partial charge is 0.306 e. The molecular formula is C15H21N5S. The van der Waals surface area contributed by atoms with Gasteiger partial charge < -0.3 is 4.90 Å². The van der Waals surface area contributed by atoms with Crippen LogP contribution in [0.15, 0.2) is 24.4 Å². The van der Waals surface area contributed by atoms with Crippen LogP contribution in [0.4, 0.5) is 0 Å². The van der Waals surface area contributed by atoms with Crippen LogP contribution in [0.25, 0.3) is 11.5 Å². The molecule has 0 saturated carbocycles. The molecule has 0 atom stereocenters.